The Kier molecular flexibility index (Phi) is 2.92. The number of benzene rings is 1. The molecule has 0 fully saturated rings. The fraction of sp³-hybridized carbons (Fsp3) is 0.143. The van der Waals surface area contributed by atoms with E-state index in [0.717, 1.165) is 5.69 Å². The van der Waals surface area contributed by atoms with Crippen LogP contribution in [-0.2, 0) is 0 Å². The normalized spacial score (nSPS) is 10.5. The Balaban J connectivity index is 2.06. The molecule has 0 radical (unpaired) electrons. The molecule has 104 valence electrons. The summed E-state index contributed by atoms with van der Waals surface area (Å²) in [7, 11) is 1.87. The molecule has 0 aliphatic rings. The molecule has 0 atom stereocenters. The van der Waals surface area contributed by atoms with E-state index >= 15 is 0 Å². The first kappa shape index (κ1) is 12.9. The van der Waals surface area contributed by atoms with E-state index < -0.39 is 0 Å². The van der Waals surface area contributed by atoms with Gasteiger partial charge in [-0.15, -0.1) is 0 Å². The summed E-state index contributed by atoms with van der Waals surface area (Å²) in [4.78, 5) is 17.9. The highest BCUT2D eigenvalue weighted by Crippen LogP contribution is 2.22. The van der Waals surface area contributed by atoms with Crippen molar-refractivity contribution in [2.24, 2.45) is 0 Å². The van der Waals surface area contributed by atoms with E-state index in [1.165, 1.54) is 4.40 Å². The van der Waals surface area contributed by atoms with Crippen molar-refractivity contribution >= 4 is 17.2 Å². The molecular formula is C14H12N6O. The highest BCUT2D eigenvalue weighted by molar-refractivity contribution is 5.63. The van der Waals surface area contributed by atoms with Gasteiger partial charge in [0.15, 0.2) is 5.65 Å². The number of nitriles is 1. The predicted molar refractivity (Wildman–Crippen MR) is 77.6 cm³/mol. The molecule has 0 spiro atoms. The van der Waals surface area contributed by atoms with Gasteiger partial charge in [0.1, 0.15) is 11.6 Å². The summed E-state index contributed by atoms with van der Waals surface area (Å²) in [6.45, 7) is 1.75. The molecule has 2 heterocycles. The molecule has 0 aliphatic heterocycles. The zero-order chi connectivity index (χ0) is 15.0. The van der Waals surface area contributed by atoms with Gasteiger partial charge in [0.05, 0.1) is 11.6 Å². The molecule has 1 aromatic carbocycles. The smallest absolute Gasteiger partial charge is 0.329 e. The van der Waals surface area contributed by atoms with E-state index in [1.54, 1.807) is 25.1 Å². The molecule has 0 saturated heterocycles. The van der Waals surface area contributed by atoms with Gasteiger partial charge in [0.2, 0.25) is 0 Å². The van der Waals surface area contributed by atoms with Crippen LogP contribution < -0.4 is 10.6 Å². The van der Waals surface area contributed by atoms with Gasteiger partial charge < -0.3 is 4.90 Å². The third kappa shape index (κ3) is 2.12. The van der Waals surface area contributed by atoms with Crippen LogP contribution in [0.5, 0.6) is 0 Å². The lowest BCUT2D eigenvalue weighted by Crippen LogP contribution is -2.16. The van der Waals surface area contributed by atoms with E-state index in [1.807, 2.05) is 24.1 Å². The monoisotopic (exact) mass is 280 g/mol. The Morgan fingerprint density at radius 1 is 1.33 bits per heavy atom. The summed E-state index contributed by atoms with van der Waals surface area (Å²) in [5, 5.41) is 15.2. The molecular weight excluding hydrogens is 268 g/mol. The number of hydrogen-bond acceptors (Lipinski definition) is 5. The minimum atomic E-state index is -0.303. The Hall–Kier alpha value is -3.14. The molecule has 0 unspecified atom stereocenters. The van der Waals surface area contributed by atoms with Gasteiger partial charge in [0.25, 0.3) is 0 Å². The lowest BCUT2D eigenvalue weighted by Gasteiger charge is -2.18. The first-order chi connectivity index (χ1) is 10.1. The van der Waals surface area contributed by atoms with E-state index in [9.17, 15) is 4.79 Å². The number of aromatic amines is 1. The summed E-state index contributed by atoms with van der Waals surface area (Å²) < 4.78 is 1.41. The Morgan fingerprint density at radius 2 is 2.05 bits per heavy atom. The zero-order valence-electron chi connectivity index (χ0n) is 11.5. The van der Waals surface area contributed by atoms with Crippen molar-refractivity contribution in [3.63, 3.8) is 0 Å². The van der Waals surface area contributed by atoms with Gasteiger partial charge in [-0.1, -0.05) is 0 Å². The van der Waals surface area contributed by atoms with Crippen molar-refractivity contribution in [3.05, 3.63) is 52.2 Å². The number of anilines is 2. The van der Waals surface area contributed by atoms with Crippen LogP contribution in [0.2, 0.25) is 0 Å². The molecule has 0 bridgehead atoms. The van der Waals surface area contributed by atoms with Gasteiger partial charge in [-0.05, 0) is 31.2 Å². The van der Waals surface area contributed by atoms with Crippen molar-refractivity contribution in [3.8, 4) is 6.07 Å². The van der Waals surface area contributed by atoms with Gasteiger partial charge in [0, 0.05) is 18.8 Å². The SMILES string of the molecule is Cc1nc(N(C)c2ccc(C#N)cc2)cc2n[nH]c(=O)n12. The number of aryl methyl sites for hydroxylation is 1. The second-order valence-corrected chi connectivity index (χ2v) is 4.60. The van der Waals surface area contributed by atoms with Crippen LogP contribution in [-0.4, -0.2) is 26.6 Å². The van der Waals surface area contributed by atoms with Gasteiger partial charge in [-0.3, -0.25) is 0 Å². The van der Waals surface area contributed by atoms with Crippen LogP contribution in [0, 0.1) is 18.3 Å². The maximum Gasteiger partial charge on any atom is 0.349 e. The molecule has 2 aromatic heterocycles. The number of hydrogen-bond donors (Lipinski definition) is 1. The van der Waals surface area contributed by atoms with Crippen molar-refractivity contribution < 1.29 is 0 Å². The first-order valence-electron chi connectivity index (χ1n) is 6.29. The van der Waals surface area contributed by atoms with Crippen LogP contribution in [0.25, 0.3) is 5.65 Å². The van der Waals surface area contributed by atoms with E-state index in [0.29, 0.717) is 22.9 Å². The van der Waals surface area contributed by atoms with Gasteiger partial charge in [-0.25, -0.2) is 19.3 Å². The van der Waals surface area contributed by atoms with Crippen molar-refractivity contribution in [1.29, 1.82) is 5.26 Å². The fourth-order valence-electron chi connectivity index (χ4n) is 2.15. The molecule has 7 heteroatoms. The van der Waals surface area contributed by atoms with E-state index in [2.05, 4.69) is 21.3 Å². The quantitative estimate of drug-likeness (QED) is 0.765. The largest absolute Gasteiger partial charge is 0.349 e. The Labute approximate surface area is 120 Å². The van der Waals surface area contributed by atoms with Crippen LogP contribution >= 0.6 is 0 Å². The number of rotatable bonds is 2. The van der Waals surface area contributed by atoms with Gasteiger partial charge >= 0.3 is 5.69 Å². The zero-order valence-corrected chi connectivity index (χ0v) is 11.5. The van der Waals surface area contributed by atoms with E-state index in [4.69, 9.17) is 5.26 Å². The van der Waals surface area contributed by atoms with Crippen LogP contribution in [0.15, 0.2) is 35.1 Å². The minimum absolute atomic E-state index is 0.303. The molecule has 21 heavy (non-hydrogen) atoms. The van der Waals surface area contributed by atoms with Gasteiger partial charge in [-0.2, -0.15) is 10.4 Å². The maximum atomic E-state index is 11.6. The second-order valence-electron chi connectivity index (χ2n) is 4.60. The third-order valence-electron chi connectivity index (χ3n) is 3.28. The number of aromatic nitrogens is 4. The average Bonchev–Trinajstić information content (AvgIpc) is 2.88. The summed E-state index contributed by atoms with van der Waals surface area (Å²) in [5.41, 5.74) is 1.71. The molecule has 0 saturated carbocycles. The molecule has 0 aliphatic carbocycles. The van der Waals surface area contributed by atoms with Crippen molar-refractivity contribution in [2.75, 3.05) is 11.9 Å². The van der Waals surface area contributed by atoms with Crippen molar-refractivity contribution in [1.82, 2.24) is 19.6 Å². The topological polar surface area (TPSA) is 90.1 Å². The van der Waals surface area contributed by atoms with E-state index in [-0.39, 0.29) is 5.69 Å². The second kappa shape index (κ2) is 4.76. The van der Waals surface area contributed by atoms with Crippen LogP contribution in [0.3, 0.4) is 0 Å². The number of fused-ring (bicyclic) bond motifs is 1. The Bertz CT molecular complexity index is 900. The molecule has 3 rings (SSSR count). The highest BCUT2D eigenvalue weighted by Gasteiger charge is 2.11. The molecule has 7 nitrogen and oxygen atoms in total. The van der Waals surface area contributed by atoms with Crippen molar-refractivity contribution in [2.45, 2.75) is 6.92 Å². The fourth-order valence-corrected chi connectivity index (χ4v) is 2.15. The Morgan fingerprint density at radius 3 is 2.71 bits per heavy atom. The molecule has 3 aromatic rings. The average molecular weight is 280 g/mol. The summed E-state index contributed by atoms with van der Waals surface area (Å²) >= 11 is 0. The van der Waals surface area contributed by atoms with Crippen LogP contribution in [0.1, 0.15) is 11.4 Å². The van der Waals surface area contributed by atoms with Crippen LogP contribution in [0.4, 0.5) is 11.5 Å². The highest BCUT2D eigenvalue weighted by atomic mass is 16.1. The number of nitrogens with one attached hydrogen (secondary N) is 1. The summed E-state index contributed by atoms with van der Waals surface area (Å²) in [6, 6.07) is 11.0. The number of nitrogens with zero attached hydrogens (tertiary/aromatic N) is 5. The standard InChI is InChI=1S/C14H12N6O/c1-9-16-12(7-13-17-18-14(21)20(9)13)19(2)11-5-3-10(8-15)4-6-11/h3-7H,1-2H3,(H,18,21). The summed E-state index contributed by atoms with van der Waals surface area (Å²) in [6.07, 6.45) is 0. The third-order valence-corrected chi connectivity index (χ3v) is 3.28. The minimum Gasteiger partial charge on any atom is -0.329 e. The lowest BCUT2D eigenvalue weighted by atomic mass is 10.2. The number of H-pyrrole nitrogens is 1. The summed E-state index contributed by atoms with van der Waals surface area (Å²) in [5.74, 6) is 1.23. The maximum absolute atomic E-state index is 11.6. The molecule has 0 amide bonds. The lowest BCUT2D eigenvalue weighted by molar-refractivity contribution is 0.926. The molecule has 1 N–H and O–H groups in total. The predicted octanol–water partition coefficient (Wildman–Crippen LogP) is 1.37. The first-order valence-corrected chi connectivity index (χ1v) is 6.29.